The van der Waals surface area contributed by atoms with Crippen LogP contribution < -0.4 is 5.32 Å². The fraction of sp³-hybridized carbons (Fsp3) is 0.321. The van der Waals surface area contributed by atoms with Crippen LogP contribution in [0.1, 0.15) is 47.2 Å². The van der Waals surface area contributed by atoms with Gasteiger partial charge >= 0.3 is 12.1 Å². The molecule has 2 heterocycles. The first-order chi connectivity index (χ1) is 17.7. The van der Waals surface area contributed by atoms with Gasteiger partial charge < -0.3 is 15.0 Å². The smallest absolute Gasteiger partial charge is 0.416 e. The van der Waals surface area contributed by atoms with E-state index in [4.69, 9.17) is 0 Å². The standard InChI is InChI=1S/C28H26F3N3O3/c29-28(30,31)23-12-21-8-10-34(16-18-3-6-22-15-32-9-7-20(22)11-18)25(21)24(13-23)26(35)33-14-17-1-4-19(5-2-17)27(36)37/h3,6-13,15,17,19H,1-2,4-5,14,16H2,(H,33,35)(H,36,37). The summed E-state index contributed by atoms with van der Waals surface area (Å²) in [6, 6.07) is 11.4. The largest absolute Gasteiger partial charge is 0.481 e. The van der Waals surface area contributed by atoms with Gasteiger partial charge in [-0.1, -0.05) is 12.1 Å². The summed E-state index contributed by atoms with van der Waals surface area (Å²) in [5, 5.41) is 14.3. The SMILES string of the molecule is O=C(NCC1CCC(C(=O)O)CC1)c1cc(C(F)(F)F)cc2ccn(Cc3ccc4cnccc4c3)c12. The molecule has 5 rings (SSSR count). The van der Waals surface area contributed by atoms with Crippen LogP contribution in [0.25, 0.3) is 21.7 Å². The van der Waals surface area contributed by atoms with Crippen LogP contribution in [0.2, 0.25) is 0 Å². The van der Waals surface area contributed by atoms with E-state index in [1.54, 1.807) is 29.2 Å². The number of nitrogens with zero attached hydrogens (tertiary/aromatic N) is 2. The molecule has 37 heavy (non-hydrogen) atoms. The number of aromatic nitrogens is 2. The number of fused-ring (bicyclic) bond motifs is 2. The zero-order valence-corrected chi connectivity index (χ0v) is 20.0. The first kappa shape index (κ1) is 24.8. The highest BCUT2D eigenvalue weighted by Gasteiger charge is 2.33. The molecule has 2 aromatic carbocycles. The molecule has 1 fully saturated rings. The summed E-state index contributed by atoms with van der Waals surface area (Å²) >= 11 is 0. The Morgan fingerprint density at radius 1 is 1.00 bits per heavy atom. The van der Waals surface area contributed by atoms with Gasteiger partial charge in [-0.25, -0.2) is 0 Å². The van der Waals surface area contributed by atoms with Crippen LogP contribution in [0.5, 0.6) is 0 Å². The first-order valence-corrected chi connectivity index (χ1v) is 12.2. The zero-order valence-electron chi connectivity index (χ0n) is 20.0. The van der Waals surface area contributed by atoms with E-state index in [0.717, 1.165) is 28.5 Å². The monoisotopic (exact) mass is 509 g/mol. The number of alkyl halides is 3. The Balaban J connectivity index is 1.43. The van der Waals surface area contributed by atoms with Gasteiger partial charge in [0.1, 0.15) is 0 Å². The maximum atomic E-state index is 13.6. The number of carbonyl (C=O) groups excluding carboxylic acids is 1. The molecule has 9 heteroatoms. The Morgan fingerprint density at radius 2 is 1.78 bits per heavy atom. The molecular formula is C28H26F3N3O3. The second-order valence-corrected chi connectivity index (χ2v) is 9.73. The third-order valence-electron chi connectivity index (χ3n) is 7.24. The highest BCUT2D eigenvalue weighted by Crippen LogP contribution is 2.34. The van der Waals surface area contributed by atoms with Gasteiger partial charge in [0.15, 0.2) is 0 Å². The highest BCUT2D eigenvalue weighted by molar-refractivity contribution is 6.06. The summed E-state index contributed by atoms with van der Waals surface area (Å²) in [6.45, 7) is 0.676. The van der Waals surface area contributed by atoms with E-state index in [9.17, 15) is 27.9 Å². The summed E-state index contributed by atoms with van der Waals surface area (Å²) in [5.41, 5.74) is 0.481. The summed E-state index contributed by atoms with van der Waals surface area (Å²) in [5.74, 6) is -1.65. The number of aliphatic carboxylic acids is 1. The molecule has 2 N–H and O–H groups in total. The van der Waals surface area contributed by atoms with Gasteiger partial charge in [-0.05, 0) is 72.9 Å². The van der Waals surface area contributed by atoms with Crippen LogP contribution in [0.15, 0.2) is 61.1 Å². The molecule has 192 valence electrons. The van der Waals surface area contributed by atoms with Crippen molar-refractivity contribution >= 4 is 33.6 Å². The second kappa shape index (κ2) is 9.88. The number of hydrogen-bond acceptors (Lipinski definition) is 3. The quantitative estimate of drug-likeness (QED) is 0.340. The fourth-order valence-electron chi connectivity index (χ4n) is 5.19. The summed E-state index contributed by atoms with van der Waals surface area (Å²) in [4.78, 5) is 28.5. The van der Waals surface area contributed by atoms with Crippen molar-refractivity contribution in [2.45, 2.75) is 38.4 Å². The van der Waals surface area contributed by atoms with Gasteiger partial charge in [0.2, 0.25) is 0 Å². The number of carboxylic acids is 1. The van der Waals surface area contributed by atoms with Crippen molar-refractivity contribution in [3.05, 3.63) is 77.7 Å². The van der Waals surface area contributed by atoms with Crippen molar-refractivity contribution in [3.8, 4) is 0 Å². The van der Waals surface area contributed by atoms with Crippen molar-refractivity contribution in [3.63, 3.8) is 0 Å². The predicted octanol–water partition coefficient (Wildman–Crippen LogP) is 5.88. The molecule has 1 saturated carbocycles. The number of carbonyl (C=O) groups is 2. The van der Waals surface area contributed by atoms with E-state index in [0.29, 0.717) is 49.7 Å². The van der Waals surface area contributed by atoms with Crippen molar-refractivity contribution in [2.24, 2.45) is 11.8 Å². The summed E-state index contributed by atoms with van der Waals surface area (Å²) in [6.07, 6.45) is 2.96. The van der Waals surface area contributed by atoms with E-state index in [2.05, 4.69) is 10.3 Å². The van der Waals surface area contributed by atoms with Gasteiger partial charge in [-0.3, -0.25) is 14.6 Å². The lowest BCUT2D eigenvalue weighted by Crippen LogP contribution is -2.32. The third-order valence-corrected chi connectivity index (χ3v) is 7.24. The van der Waals surface area contributed by atoms with Crippen molar-refractivity contribution in [1.29, 1.82) is 0 Å². The van der Waals surface area contributed by atoms with E-state index in [1.807, 2.05) is 24.3 Å². The van der Waals surface area contributed by atoms with Crippen LogP contribution in [0, 0.1) is 11.8 Å². The van der Waals surface area contributed by atoms with E-state index in [-0.39, 0.29) is 17.4 Å². The van der Waals surface area contributed by atoms with Crippen molar-refractivity contribution < 1.29 is 27.9 Å². The Kier molecular flexibility index (Phi) is 6.62. The Morgan fingerprint density at radius 3 is 2.51 bits per heavy atom. The topological polar surface area (TPSA) is 84.2 Å². The van der Waals surface area contributed by atoms with Crippen LogP contribution in [0.4, 0.5) is 13.2 Å². The Labute approximate surface area is 211 Å². The van der Waals surface area contributed by atoms with Crippen molar-refractivity contribution in [1.82, 2.24) is 14.9 Å². The van der Waals surface area contributed by atoms with E-state index >= 15 is 0 Å². The third kappa shape index (κ3) is 5.30. The molecule has 0 saturated heterocycles. The molecule has 0 spiro atoms. The molecule has 0 atom stereocenters. The number of rotatable bonds is 6. The van der Waals surface area contributed by atoms with Crippen LogP contribution in [-0.4, -0.2) is 33.1 Å². The highest BCUT2D eigenvalue weighted by atomic mass is 19.4. The number of carboxylic acid groups (broad SMARTS) is 1. The first-order valence-electron chi connectivity index (χ1n) is 12.2. The Bertz CT molecular complexity index is 1470. The molecule has 6 nitrogen and oxygen atoms in total. The fourth-order valence-corrected chi connectivity index (χ4v) is 5.19. The maximum absolute atomic E-state index is 13.6. The molecule has 2 aromatic heterocycles. The lowest BCUT2D eigenvalue weighted by molar-refractivity contribution is -0.143. The van der Waals surface area contributed by atoms with E-state index in [1.165, 1.54) is 0 Å². The summed E-state index contributed by atoms with van der Waals surface area (Å²) < 4.78 is 42.7. The molecule has 1 amide bonds. The van der Waals surface area contributed by atoms with E-state index < -0.39 is 23.6 Å². The maximum Gasteiger partial charge on any atom is 0.416 e. The molecule has 1 aliphatic carbocycles. The lowest BCUT2D eigenvalue weighted by Gasteiger charge is -2.26. The number of hydrogen-bond donors (Lipinski definition) is 2. The average Bonchev–Trinajstić information content (AvgIpc) is 3.29. The minimum Gasteiger partial charge on any atom is -0.481 e. The number of halogens is 3. The zero-order chi connectivity index (χ0) is 26.2. The molecule has 1 aliphatic rings. The molecule has 4 aromatic rings. The molecule has 0 aliphatic heterocycles. The molecule has 0 unspecified atom stereocenters. The number of amides is 1. The lowest BCUT2D eigenvalue weighted by atomic mass is 9.82. The predicted molar refractivity (Wildman–Crippen MR) is 133 cm³/mol. The van der Waals surface area contributed by atoms with Gasteiger partial charge in [-0.2, -0.15) is 13.2 Å². The van der Waals surface area contributed by atoms with Crippen LogP contribution in [0.3, 0.4) is 0 Å². The van der Waals surface area contributed by atoms with Crippen molar-refractivity contribution in [2.75, 3.05) is 6.54 Å². The normalized spacial score (nSPS) is 18.2. The number of pyridine rings is 1. The second-order valence-electron chi connectivity index (χ2n) is 9.73. The van der Waals surface area contributed by atoms with Gasteiger partial charge in [0.05, 0.1) is 22.6 Å². The van der Waals surface area contributed by atoms with Crippen LogP contribution >= 0.6 is 0 Å². The minimum atomic E-state index is -4.59. The average molecular weight is 510 g/mol. The van der Waals surface area contributed by atoms with Gasteiger partial charge in [-0.15, -0.1) is 0 Å². The molecule has 0 radical (unpaired) electrons. The summed E-state index contributed by atoms with van der Waals surface area (Å²) in [7, 11) is 0. The van der Waals surface area contributed by atoms with Crippen LogP contribution in [-0.2, 0) is 17.5 Å². The number of nitrogens with one attached hydrogen (secondary N) is 1. The molecular weight excluding hydrogens is 483 g/mol. The van der Waals surface area contributed by atoms with Gasteiger partial charge in [0.25, 0.3) is 5.91 Å². The molecule has 0 bridgehead atoms. The number of benzene rings is 2. The Hall–Kier alpha value is -3.88. The van der Waals surface area contributed by atoms with Gasteiger partial charge in [0, 0.05) is 42.5 Å². The minimum absolute atomic E-state index is 0.0287.